The number of rotatable bonds is 3. The second kappa shape index (κ2) is 8.83. The van der Waals surface area contributed by atoms with E-state index in [1.165, 1.54) is 6.42 Å². The molecule has 3 rings (SSSR count). The average molecular weight is 408 g/mol. The van der Waals surface area contributed by atoms with Crippen LogP contribution in [-0.2, 0) is 9.59 Å². The molecule has 0 saturated heterocycles. The molecule has 2 fully saturated rings. The zero-order valence-electron chi connectivity index (χ0n) is 17.4. The van der Waals surface area contributed by atoms with Crippen LogP contribution >= 0.6 is 12.4 Å². The average Bonchev–Trinajstić information content (AvgIpc) is 2.56. The molecule has 1 aromatic rings. The van der Waals surface area contributed by atoms with Crippen molar-refractivity contribution in [1.29, 1.82) is 0 Å². The van der Waals surface area contributed by atoms with Gasteiger partial charge in [0.15, 0.2) is 0 Å². The molecular weight excluding hydrogens is 374 g/mol. The van der Waals surface area contributed by atoms with Crippen molar-refractivity contribution in [3.05, 3.63) is 23.8 Å². The Bertz CT molecular complexity index is 715. The van der Waals surface area contributed by atoms with Crippen molar-refractivity contribution in [2.45, 2.75) is 65.8 Å². The maximum Gasteiger partial charge on any atom is 0.229 e. The largest absolute Gasteiger partial charge is 0.327 e. The lowest BCUT2D eigenvalue weighted by Gasteiger charge is -2.43. The van der Waals surface area contributed by atoms with Gasteiger partial charge in [-0.05, 0) is 62.1 Å². The van der Waals surface area contributed by atoms with Crippen LogP contribution in [0.5, 0.6) is 0 Å². The number of hydrogen-bond acceptors (Lipinski definition) is 3. The predicted molar refractivity (Wildman–Crippen MR) is 117 cm³/mol. The second-order valence-corrected chi connectivity index (χ2v) is 9.42. The number of nitrogens with two attached hydrogens (primary N) is 1. The van der Waals surface area contributed by atoms with E-state index in [-0.39, 0.29) is 36.2 Å². The Morgan fingerprint density at radius 1 is 1.07 bits per heavy atom. The van der Waals surface area contributed by atoms with Gasteiger partial charge in [-0.1, -0.05) is 33.3 Å². The fourth-order valence-corrected chi connectivity index (χ4v) is 4.39. The molecule has 156 valence electrons. The predicted octanol–water partition coefficient (Wildman–Crippen LogP) is 4.49. The number of amides is 2. The Hall–Kier alpha value is -1.59. The summed E-state index contributed by atoms with van der Waals surface area (Å²) in [5, 5.41) is 6.04. The number of aryl methyl sites for hydroxylation is 1. The summed E-state index contributed by atoms with van der Waals surface area (Å²) in [7, 11) is 0. The van der Waals surface area contributed by atoms with Crippen LogP contribution in [0.2, 0.25) is 0 Å². The monoisotopic (exact) mass is 407 g/mol. The molecule has 2 unspecified atom stereocenters. The highest BCUT2D eigenvalue weighted by Gasteiger charge is 2.40. The molecule has 0 aliphatic heterocycles. The maximum absolute atomic E-state index is 12.8. The van der Waals surface area contributed by atoms with E-state index in [2.05, 4.69) is 10.6 Å². The van der Waals surface area contributed by atoms with E-state index in [9.17, 15) is 9.59 Å². The van der Waals surface area contributed by atoms with Crippen LogP contribution in [0.1, 0.15) is 58.4 Å². The minimum absolute atomic E-state index is 0. The number of benzene rings is 1. The summed E-state index contributed by atoms with van der Waals surface area (Å²) in [6, 6.07) is 5.95. The second-order valence-electron chi connectivity index (χ2n) is 9.42. The highest BCUT2D eigenvalue weighted by molar-refractivity contribution is 5.97. The molecule has 4 N–H and O–H groups in total. The first-order valence-electron chi connectivity index (χ1n) is 10.1. The number of halogens is 1. The fourth-order valence-electron chi connectivity index (χ4n) is 4.39. The molecule has 2 aliphatic carbocycles. The van der Waals surface area contributed by atoms with Crippen LogP contribution in [0, 0.1) is 30.1 Å². The Labute approximate surface area is 174 Å². The summed E-state index contributed by atoms with van der Waals surface area (Å²) in [4.78, 5) is 25.1. The van der Waals surface area contributed by atoms with Crippen molar-refractivity contribution in [2.24, 2.45) is 28.9 Å². The lowest BCUT2D eigenvalue weighted by Crippen LogP contribution is -2.48. The lowest BCUT2D eigenvalue weighted by atomic mass is 9.65. The van der Waals surface area contributed by atoms with E-state index in [1.807, 2.05) is 45.9 Å². The van der Waals surface area contributed by atoms with Crippen LogP contribution in [0.4, 0.5) is 11.4 Å². The topological polar surface area (TPSA) is 84.2 Å². The molecule has 6 heteroatoms. The van der Waals surface area contributed by atoms with Crippen LogP contribution in [0.25, 0.3) is 0 Å². The van der Waals surface area contributed by atoms with Gasteiger partial charge >= 0.3 is 0 Å². The molecule has 2 atom stereocenters. The van der Waals surface area contributed by atoms with Gasteiger partial charge in [-0.2, -0.15) is 0 Å². The maximum atomic E-state index is 12.8. The highest BCUT2D eigenvalue weighted by atomic mass is 35.5. The highest BCUT2D eigenvalue weighted by Crippen LogP contribution is 2.42. The van der Waals surface area contributed by atoms with Gasteiger partial charge in [0.2, 0.25) is 11.8 Å². The molecule has 2 saturated carbocycles. The van der Waals surface area contributed by atoms with Crippen LogP contribution < -0.4 is 16.4 Å². The lowest BCUT2D eigenvalue weighted by molar-refractivity contribution is -0.123. The summed E-state index contributed by atoms with van der Waals surface area (Å²) in [6.45, 7) is 7.60. The van der Waals surface area contributed by atoms with E-state index >= 15 is 0 Å². The third-order valence-corrected chi connectivity index (χ3v) is 6.22. The molecule has 0 spiro atoms. The van der Waals surface area contributed by atoms with Crippen LogP contribution in [0.3, 0.4) is 0 Å². The van der Waals surface area contributed by atoms with Gasteiger partial charge in [0.1, 0.15) is 0 Å². The summed E-state index contributed by atoms with van der Waals surface area (Å²) in [5.74, 6) is 1.04. The van der Waals surface area contributed by atoms with Crippen molar-refractivity contribution >= 4 is 35.6 Å². The molecule has 1 aromatic carbocycles. The van der Waals surface area contributed by atoms with Crippen molar-refractivity contribution in [2.75, 3.05) is 10.6 Å². The third kappa shape index (κ3) is 5.06. The fraction of sp³-hybridized carbons (Fsp3) is 0.636. The number of hydrogen-bond donors (Lipinski definition) is 3. The first-order chi connectivity index (χ1) is 12.6. The Morgan fingerprint density at radius 3 is 2.25 bits per heavy atom. The van der Waals surface area contributed by atoms with E-state index in [0.29, 0.717) is 11.8 Å². The Kier molecular flexibility index (Phi) is 7.16. The molecule has 28 heavy (non-hydrogen) atoms. The third-order valence-electron chi connectivity index (χ3n) is 6.22. The van der Waals surface area contributed by atoms with Gasteiger partial charge in [-0.3, -0.25) is 9.59 Å². The summed E-state index contributed by atoms with van der Waals surface area (Å²) >= 11 is 0. The molecule has 0 heterocycles. The summed E-state index contributed by atoms with van der Waals surface area (Å²) < 4.78 is 0. The molecule has 0 radical (unpaired) electrons. The zero-order valence-corrected chi connectivity index (χ0v) is 18.2. The van der Waals surface area contributed by atoms with Crippen molar-refractivity contribution in [1.82, 2.24) is 0 Å². The van der Waals surface area contributed by atoms with Crippen molar-refractivity contribution < 1.29 is 9.59 Å². The molecule has 0 aromatic heterocycles. The number of anilines is 2. The number of carbonyl (C=O) groups is 2. The van der Waals surface area contributed by atoms with Crippen molar-refractivity contribution in [3.63, 3.8) is 0 Å². The van der Waals surface area contributed by atoms with Gasteiger partial charge in [0, 0.05) is 28.7 Å². The minimum Gasteiger partial charge on any atom is -0.327 e. The first-order valence-corrected chi connectivity index (χ1v) is 10.1. The molecular formula is C22H34ClN3O2. The van der Waals surface area contributed by atoms with Crippen molar-refractivity contribution in [3.8, 4) is 0 Å². The van der Waals surface area contributed by atoms with E-state index in [4.69, 9.17) is 5.73 Å². The number of nitrogens with one attached hydrogen (secondary N) is 2. The van der Waals surface area contributed by atoms with Crippen LogP contribution in [0.15, 0.2) is 18.2 Å². The molecule has 2 aliphatic rings. The SMILES string of the molecule is Cc1ccc(NC(=O)C2CC3CCCC(C2)C3N)cc1NC(=O)C(C)(C)C.Cl. The van der Waals surface area contributed by atoms with Crippen LogP contribution in [-0.4, -0.2) is 17.9 Å². The van der Waals surface area contributed by atoms with E-state index in [0.717, 1.165) is 42.6 Å². The van der Waals surface area contributed by atoms with E-state index < -0.39 is 5.41 Å². The van der Waals surface area contributed by atoms with Gasteiger partial charge in [-0.25, -0.2) is 0 Å². The normalized spacial score (nSPS) is 26.8. The summed E-state index contributed by atoms with van der Waals surface area (Å²) in [6.07, 6.45) is 5.32. The molecule has 2 bridgehead atoms. The summed E-state index contributed by atoms with van der Waals surface area (Å²) in [5.41, 5.74) is 8.33. The minimum atomic E-state index is -0.468. The van der Waals surface area contributed by atoms with Gasteiger partial charge < -0.3 is 16.4 Å². The van der Waals surface area contributed by atoms with Gasteiger partial charge in [-0.15, -0.1) is 12.4 Å². The molecule has 2 amide bonds. The van der Waals surface area contributed by atoms with Gasteiger partial charge in [0.25, 0.3) is 0 Å². The Balaban J connectivity index is 0.00000280. The number of fused-ring (bicyclic) bond motifs is 2. The quantitative estimate of drug-likeness (QED) is 0.689. The van der Waals surface area contributed by atoms with E-state index in [1.54, 1.807) is 0 Å². The molecule has 5 nitrogen and oxygen atoms in total. The zero-order chi connectivity index (χ0) is 19.8. The Morgan fingerprint density at radius 2 is 1.68 bits per heavy atom. The standard InChI is InChI=1S/C22H33N3O2.ClH/c1-13-8-9-17(12-18(13)25-21(27)22(2,3)4)24-20(26)16-10-14-6-5-7-15(11-16)19(14)23;/h8-9,12,14-16,19H,5-7,10-11,23H2,1-4H3,(H,24,26)(H,25,27);1H. The number of carbonyl (C=O) groups excluding carboxylic acids is 2. The van der Waals surface area contributed by atoms with Gasteiger partial charge in [0.05, 0.1) is 0 Å². The smallest absolute Gasteiger partial charge is 0.229 e. The first kappa shape index (κ1) is 22.7.